The number of nitrogens with one attached hydrogen (secondary N) is 1. The molecule has 0 spiro atoms. The van der Waals surface area contributed by atoms with E-state index in [4.69, 9.17) is 9.47 Å². The summed E-state index contributed by atoms with van der Waals surface area (Å²) >= 11 is 0. The zero-order valence-electron chi connectivity index (χ0n) is 16.9. The molecule has 0 bridgehead atoms. The Labute approximate surface area is 172 Å². The van der Waals surface area contributed by atoms with E-state index in [1.54, 1.807) is 28.9 Å². The van der Waals surface area contributed by atoms with Gasteiger partial charge in [0.25, 0.3) is 5.56 Å². The lowest BCUT2D eigenvalue weighted by Gasteiger charge is -2.21. The summed E-state index contributed by atoms with van der Waals surface area (Å²) in [5.41, 5.74) is 3.82. The van der Waals surface area contributed by atoms with Crippen LogP contribution in [0.25, 0.3) is 22.4 Å². The van der Waals surface area contributed by atoms with Gasteiger partial charge in [0.1, 0.15) is 18.1 Å². The number of ether oxygens (including phenoxy) is 2. The van der Waals surface area contributed by atoms with Crippen molar-refractivity contribution in [1.29, 1.82) is 0 Å². The van der Waals surface area contributed by atoms with Crippen LogP contribution in [-0.2, 0) is 16.0 Å². The van der Waals surface area contributed by atoms with E-state index >= 15 is 0 Å². The Hall–Kier alpha value is -3.08. The Morgan fingerprint density at radius 1 is 1.33 bits per heavy atom. The molecule has 4 aromatic rings. The van der Waals surface area contributed by atoms with Crippen molar-refractivity contribution in [3.05, 3.63) is 52.3 Å². The van der Waals surface area contributed by atoms with E-state index in [2.05, 4.69) is 20.6 Å². The quantitative estimate of drug-likeness (QED) is 0.521. The number of methoxy groups -OCH3 is 1. The second-order valence-corrected chi connectivity index (χ2v) is 7.38. The Bertz CT molecular complexity index is 1270. The van der Waals surface area contributed by atoms with Gasteiger partial charge in [-0.25, -0.2) is 4.98 Å². The highest BCUT2D eigenvalue weighted by atomic mass is 16.5. The van der Waals surface area contributed by atoms with Gasteiger partial charge in [-0.3, -0.25) is 9.20 Å². The number of hydrogen-bond acceptors (Lipinski definition) is 7. The molecular formula is C20H23N7O3. The fraction of sp³-hybridized carbons (Fsp3) is 0.400. The lowest BCUT2D eigenvalue weighted by atomic mass is 10.2. The van der Waals surface area contributed by atoms with Crippen molar-refractivity contribution in [3.63, 3.8) is 0 Å². The molecule has 10 heteroatoms. The fourth-order valence-corrected chi connectivity index (χ4v) is 3.87. The SMILES string of the molecule is COCCn1c(=O)c2c(-n3cc(C4CNCCO4)nn3)ncn2c2ccc(C)cc21. The molecule has 0 radical (unpaired) electrons. The zero-order valence-corrected chi connectivity index (χ0v) is 16.9. The van der Waals surface area contributed by atoms with E-state index in [-0.39, 0.29) is 11.7 Å². The van der Waals surface area contributed by atoms with Crippen molar-refractivity contribution in [1.82, 2.24) is 34.3 Å². The maximum atomic E-state index is 13.5. The number of aromatic nitrogens is 6. The number of morpholine rings is 1. The summed E-state index contributed by atoms with van der Waals surface area (Å²) in [7, 11) is 1.63. The van der Waals surface area contributed by atoms with E-state index in [1.807, 2.05) is 29.5 Å². The van der Waals surface area contributed by atoms with Crippen LogP contribution in [0.2, 0.25) is 0 Å². The molecule has 0 saturated carbocycles. The number of hydrogen-bond donors (Lipinski definition) is 1. The predicted octanol–water partition coefficient (Wildman–Crippen LogP) is 0.846. The molecule has 3 aromatic heterocycles. The third-order valence-electron chi connectivity index (χ3n) is 5.38. The molecule has 10 nitrogen and oxygen atoms in total. The average molecular weight is 409 g/mol. The van der Waals surface area contributed by atoms with Crippen LogP contribution in [0.1, 0.15) is 17.4 Å². The summed E-state index contributed by atoms with van der Waals surface area (Å²) in [6.07, 6.45) is 3.27. The molecule has 1 aliphatic heterocycles. The maximum Gasteiger partial charge on any atom is 0.279 e. The lowest BCUT2D eigenvalue weighted by Crippen LogP contribution is -2.33. The van der Waals surface area contributed by atoms with Gasteiger partial charge in [-0.2, -0.15) is 4.68 Å². The van der Waals surface area contributed by atoms with Gasteiger partial charge in [0.15, 0.2) is 11.3 Å². The van der Waals surface area contributed by atoms with Crippen LogP contribution in [0.4, 0.5) is 0 Å². The summed E-state index contributed by atoms with van der Waals surface area (Å²) in [6, 6.07) is 6.03. The smallest absolute Gasteiger partial charge is 0.279 e. The fourth-order valence-electron chi connectivity index (χ4n) is 3.87. The number of rotatable bonds is 5. The van der Waals surface area contributed by atoms with E-state index in [9.17, 15) is 4.79 Å². The van der Waals surface area contributed by atoms with Crippen molar-refractivity contribution in [2.24, 2.45) is 0 Å². The number of aryl methyl sites for hydroxylation is 1. The normalized spacial score (nSPS) is 17.2. The van der Waals surface area contributed by atoms with Crippen molar-refractivity contribution in [2.75, 3.05) is 33.4 Å². The second-order valence-electron chi connectivity index (χ2n) is 7.38. The molecule has 1 aliphatic rings. The van der Waals surface area contributed by atoms with E-state index in [0.29, 0.717) is 43.3 Å². The Morgan fingerprint density at radius 2 is 2.23 bits per heavy atom. The first-order valence-electron chi connectivity index (χ1n) is 9.91. The Balaban J connectivity index is 1.68. The van der Waals surface area contributed by atoms with Crippen LogP contribution < -0.4 is 10.9 Å². The van der Waals surface area contributed by atoms with Crippen LogP contribution in [0.3, 0.4) is 0 Å². The lowest BCUT2D eigenvalue weighted by molar-refractivity contribution is 0.0249. The van der Waals surface area contributed by atoms with Gasteiger partial charge in [0, 0.05) is 26.7 Å². The highest BCUT2D eigenvalue weighted by Crippen LogP contribution is 2.21. The van der Waals surface area contributed by atoms with Crippen molar-refractivity contribution >= 4 is 16.6 Å². The number of imidazole rings is 1. The van der Waals surface area contributed by atoms with Crippen LogP contribution in [0, 0.1) is 6.92 Å². The molecule has 5 rings (SSSR count). The molecule has 4 heterocycles. The third kappa shape index (κ3) is 3.09. The van der Waals surface area contributed by atoms with Crippen LogP contribution in [0.15, 0.2) is 35.5 Å². The van der Waals surface area contributed by atoms with Crippen molar-refractivity contribution in [2.45, 2.75) is 19.6 Å². The average Bonchev–Trinajstić information content (AvgIpc) is 3.42. The van der Waals surface area contributed by atoms with Gasteiger partial charge in [0.05, 0.1) is 30.4 Å². The molecule has 0 amide bonds. The first kappa shape index (κ1) is 18.9. The van der Waals surface area contributed by atoms with E-state index in [0.717, 1.165) is 23.1 Å². The minimum absolute atomic E-state index is 0.148. The minimum atomic E-state index is -0.163. The highest BCUT2D eigenvalue weighted by Gasteiger charge is 2.22. The number of fused-ring (bicyclic) bond motifs is 3. The third-order valence-corrected chi connectivity index (χ3v) is 5.38. The highest BCUT2D eigenvalue weighted by molar-refractivity contribution is 5.81. The zero-order chi connectivity index (χ0) is 20.7. The summed E-state index contributed by atoms with van der Waals surface area (Å²) < 4.78 is 16.1. The van der Waals surface area contributed by atoms with Gasteiger partial charge in [-0.05, 0) is 24.6 Å². The monoisotopic (exact) mass is 409 g/mol. The molecule has 1 atom stereocenters. The molecule has 1 aromatic carbocycles. The van der Waals surface area contributed by atoms with Gasteiger partial charge >= 0.3 is 0 Å². The van der Waals surface area contributed by atoms with Crippen molar-refractivity contribution < 1.29 is 9.47 Å². The topological polar surface area (TPSA) is 100 Å². The standard InChI is InChI=1S/C20H23N7O3/c1-13-3-4-15-16(9-13)25(6-8-29-2)20(28)18-19(22-12-26(15)18)27-11-14(23-24-27)17-10-21-5-7-30-17/h3-4,9,11-12,17,21H,5-8,10H2,1-2H3. The Kier molecular flexibility index (Phi) is 4.81. The van der Waals surface area contributed by atoms with Gasteiger partial charge in [-0.15, -0.1) is 5.10 Å². The summed E-state index contributed by atoms with van der Waals surface area (Å²) in [5, 5.41) is 11.8. The molecular weight excluding hydrogens is 386 g/mol. The first-order chi connectivity index (χ1) is 14.7. The van der Waals surface area contributed by atoms with Crippen molar-refractivity contribution in [3.8, 4) is 5.82 Å². The second kappa shape index (κ2) is 7.63. The summed E-state index contributed by atoms with van der Waals surface area (Å²) in [6.45, 7) is 5.01. The number of benzene rings is 1. The molecule has 1 N–H and O–H groups in total. The molecule has 0 aliphatic carbocycles. The van der Waals surface area contributed by atoms with Crippen LogP contribution in [-0.4, -0.2) is 62.4 Å². The predicted molar refractivity (Wildman–Crippen MR) is 110 cm³/mol. The molecule has 1 unspecified atom stereocenters. The molecule has 1 fully saturated rings. The van der Waals surface area contributed by atoms with Gasteiger partial charge in [0.2, 0.25) is 0 Å². The first-order valence-corrected chi connectivity index (χ1v) is 9.91. The number of nitrogens with zero attached hydrogens (tertiary/aromatic N) is 6. The van der Waals surface area contributed by atoms with E-state index < -0.39 is 0 Å². The molecule has 30 heavy (non-hydrogen) atoms. The van der Waals surface area contributed by atoms with Crippen LogP contribution in [0.5, 0.6) is 0 Å². The summed E-state index contributed by atoms with van der Waals surface area (Å²) in [5.74, 6) is 0.441. The van der Waals surface area contributed by atoms with E-state index in [1.165, 1.54) is 0 Å². The molecule has 156 valence electrons. The van der Waals surface area contributed by atoms with Gasteiger partial charge in [-0.1, -0.05) is 11.3 Å². The largest absolute Gasteiger partial charge is 0.383 e. The maximum absolute atomic E-state index is 13.5. The summed E-state index contributed by atoms with van der Waals surface area (Å²) in [4.78, 5) is 18.0. The Morgan fingerprint density at radius 3 is 3.03 bits per heavy atom. The van der Waals surface area contributed by atoms with Crippen LogP contribution >= 0.6 is 0 Å². The minimum Gasteiger partial charge on any atom is -0.383 e. The molecule has 1 saturated heterocycles. The van der Waals surface area contributed by atoms with Gasteiger partial charge < -0.3 is 19.4 Å².